The van der Waals surface area contributed by atoms with E-state index in [0.29, 0.717) is 13.1 Å². The molecule has 2 amide bonds. The second-order valence-electron chi connectivity index (χ2n) is 5.81. The van der Waals surface area contributed by atoms with E-state index in [9.17, 15) is 4.79 Å². The number of carbonyl (C=O) groups is 1. The van der Waals surface area contributed by atoms with E-state index in [1.807, 2.05) is 12.3 Å². The zero-order chi connectivity index (χ0) is 15.3. The Morgan fingerprint density at radius 3 is 2.76 bits per heavy atom. The van der Waals surface area contributed by atoms with Crippen LogP contribution in [0, 0.1) is 6.92 Å². The summed E-state index contributed by atoms with van der Waals surface area (Å²) in [6.45, 7) is 10.7. The van der Waals surface area contributed by atoms with Crippen molar-refractivity contribution in [3.63, 3.8) is 0 Å². The fourth-order valence-electron chi connectivity index (χ4n) is 2.30. The molecule has 1 fully saturated rings. The van der Waals surface area contributed by atoms with Crippen molar-refractivity contribution in [1.82, 2.24) is 20.5 Å². The van der Waals surface area contributed by atoms with Gasteiger partial charge in [0.1, 0.15) is 0 Å². The van der Waals surface area contributed by atoms with Crippen molar-refractivity contribution in [2.75, 3.05) is 32.8 Å². The molecule has 0 spiro atoms. The molecule has 0 unspecified atom stereocenters. The SMILES string of the molecule is Cc1nc(CNC(=O)NCC(C)(C)N2CCOCC2)cs1. The molecule has 0 aromatic carbocycles. The van der Waals surface area contributed by atoms with Gasteiger partial charge in [0.15, 0.2) is 0 Å². The summed E-state index contributed by atoms with van der Waals surface area (Å²) < 4.78 is 5.36. The molecule has 6 nitrogen and oxygen atoms in total. The van der Waals surface area contributed by atoms with Gasteiger partial charge in [0.05, 0.1) is 30.5 Å². The van der Waals surface area contributed by atoms with E-state index < -0.39 is 0 Å². The van der Waals surface area contributed by atoms with Crippen LogP contribution in [0.2, 0.25) is 0 Å². The van der Waals surface area contributed by atoms with Crippen LogP contribution in [0.1, 0.15) is 24.5 Å². The van der Waals surface area contributed by atoms with Gasteiger partial charge in [-0.05, 0) is 20.8 Å². The molecule has 2 heterocycles. The maximum absolute atomic E-state index is 11.9. The fourth-order valence-corrected chi connectivity index (χ4v) is 2.91. The average Bonchev–Trinajstić information content (AvgIpc) is 2.90. The Hall–Kier alpha value is -1.18. The first-order valence-electron chi connectivity index (χ1n) is 7.23. The number of aryl methyl sites for hydroxylation is 1. The molecule has 2 N–H and O–H groups in total. The first-order valence-corrected chi connectivity index (χ1v) is 8.11. The molecule has 0 radical (unpaired) electrons. The Kier molecular flexibility index (Phi) is 5.55. The zero-order valence-corrected chi connectivity index (χ0v) is 13.8. The van der Waals surface area contributed by atoms with Crippen molar-refractivity contribution < 1.29 is 9.53 Å². The molecular weight excluding hydrogens is 288 g/mol. The summed E-state index contributed by atoms with van der Waals surface area (Å²) in [7, 11) is 0. The predicted molar refractivity (Wildman–Crippen MR) is 83.6 cm³/mol. The molecular formula is C14H24N4O2S. The lowest BCUT2D eigenvalue weighted by Gasteiger charge is -2.40. The van der Waals surface area contributed by atoms with Gasteiger partial charge in [0, 0.05) is 30.6 Å². The number of hydrogen-bond donors (Lipinski definition) is 2. The van der Waals surface area contributed by atoms with Crippen LogP contribution >= 0.6 is 11.3 Å². The highest BCUT2D eigenvalue weighted by molar-refractivity contribution is 7.09. The van der Waals surface area contributed by atoms with E-state index in [1.165, 1.54) is 0 Å². The Morgan fingerprint density at radius 1 is 1.43 bits per heavy atom. The van der Waals surface area contributed by atoms with Gasteiger partial charge >= 0.3 is 6.03 Å². The molecule has 2 rings (SSSR count). The summed E-state index contributed by atoms with van der Waals surface area (Å²) >= 11 is 1.59. The van der Waals surface area contributed by atoms with Gasteiger partial charge in [0.2, 0.25) is 0 Å². The summed E-state index contributed by atoms with van der Waals surface area (Å²) in [6.07, 6.45) is 0. The molecule has 118 valence electrons. The maximum atomic E-state index is 11.9. The summed E-state index contributed by atoms with van der Waals surface area (Å²) in [5, 5.41) is 8.76. The monoisotopic (exact) mass is 312 g/mol. The van der Waals surface area contributed by atoms with E-state index in [4.69, 9.17) is 4.74 Å². The molecule has 1 aromatic heterocycles. The number of urea groups is 1. The van der Waals surface area contributed by atoms with E-state index in [0.717, 1.165) is 37.0 Å². The van der Waals surface area contributed by atoms with Gasteiger partial charge in [-0.2, -0.15) is 0 Å². The van der Waals surface area contributed by atoms with Crippen molar-refractivity contribution in [1.29, 1.82) is 0 Å². The first-order chi connectivity index (χ1) is 9.97. The van der Waals surface area contributed by atoms with E-state index >= 15 is 0 Å². The number of aromatic nitrogens is 1. The van der Waals surface area contributed by atoms with Gasteiger partial charge in [-0.15, -0.1) is 11.3 Å². The smallest absolute Gasteiger partial charge is 0.315 e. The number of amides is 2. The van der Waals surface area contributed by atoms with Crippen LogP contribution in [-0.2, 0) is 11.3 Å². The minimum atomic E-state index is -0.151. The minimum Gasteiger partial charge on any atom is -0.379 e. The predicted octanol–water partition coefficient (Wildman–Crippen LogP) is 1.36. The highest BCUT2D eigenvalue weighted by atomic mass is 32.1. The molecule has 0 aliphatic carbocycles. The van der Waals surface area contributed by atoms with Crippen molar-refractivity contribution in [3.8, 4) is 0 Å². The molecule has 1 aliphatic rings. The number of carbonyl (C=O) groups excluding carboxylic acids is 1. The normalized spacial score (nSPS) is 16.7. The molecule has 0 saturated carbocycles. The number of hydrogen-bond acceptors (Lipinski definition) is 5. The topological polar surface area (TPSA) is 66.5 Å². The Morgan fingerprint density at radius 2 is 2.14 bits per heavy atom. The van der Waals surface area contributed by atoms with Crippen LogP contribution in [-0.4, -0.2) is 54.3 Å². The second-order valence-corrected chi connectivity index (χ2v) is 6.87. The molecule has 1 saturated heterocycles. The Bertz CT molecular complexity index is 469. The number of nitrogens with zero attached hydrogens (tertiary/aromatic N) is 2. The molecule has 7 heteroatoms. The summed E-state index contributed by atoms with van der Waals surface area (Å²) in [4.78, 5) is 18.5. The summed E-state index contributed by atoms with van der Waals surface area (Å²) in [5.74, 6) is 0. The summed E-state index contributed by atoms with van der Waals surface area (Å²) in [6, 6.07) is -0.151. The quantitative estimate of drug-likeness (QED) is 0.861. The first kappa shape index (κ1) is 16.2. The van der Waals surface area contributed by atoms with Crippen molar-refractivity contribution in [2.24, 2.45) is 0 Å². The number of morpholine rings is 1. The van der Waals surface area contributed by atoms with Gasteiger partial charge in [-0.1, -0.05) is 0 Å². The third kappa shape index (κ3) is 4.94. The van der Waals surface area contributed by atoms with Crippen LogP contribution < -0.4 is 10.6 Å². The van der Waals surface area contributed by atoms with Gasteiger partial charge in [0.25, 0.3) is 0 Å². The van der Waals surface area contributed by atoms with E-state index in [-0.39, 0.29) is 11.6 Å². The molecule has 1 aliphatic heterocycles. The van der Waals surface area contributed by atoms with Gasteiger partial charge in [-0.25, -0.2) is 9.78 Å². The van der Waals surface area contributed by atoms with E-state index in [1.54, 1.807) is 11.3 Å². The van der Waals surface area contributed by atoms with Crippen LogP contribution in [0.4, 0.5) is 4.79 Å². The minimum absolute atomic E-state index is 0.0711. The van der Waals surface area contributed by atoms with E-state index in [2.05, 4.69) is 34.4 Å². The third-order valence-electron chi connectivity index (χ3n) is 3.65. The second kappa shape index (κ2) is 7.20. The average molecular weight is 312 g/mol. The summed E-state index contributed by atoms with van der Waals surface area (Å²) in [5.41, 5.74) is 0.832. The number of thiazole rings is 1. The van der Waals surface area contributed by atoms with Crippen molar-refractivity contribution in [2.45, 2.75) is 32.9 Å². The van der Waals surface area contributed by atoms with Crippen LogP contribution in [0.3, 0.4) is 0 Å². The van der Waals surface area contributed by atoms with Crippen LogP contribution in [0.15, 0.2) is 5.38 Å². The highest BCUT2D eigenvalue weighted by Gasteiger charge is 2.28. The van der Waals surface area contributed by atoms with Crippen molar-refractivity contribution in [3.05, 3.63) is 16.1 Å². The van der Waals surface area contributed by atoms with Crippen molar-refractivity contribution >= 4 is 17.4 Å². The largest absolute Gasteiger partial charge is 0.379 e. The van der Waals surface area contributed by atoms with Crippen LogP contribution in [0.5, 0.6) is 0 Å². The number of ether oxygens (including phenoxy) is 1. The fraction of sp³-hybridized carbons (Fsp3) is 0.714. The lowest BCUT2D eigenvalue weighted by molar-refractivity contribution is -0.00874. The lowest BCUT2D eigenvalue weighted by atomic mass is 10.0. The number of nitrogens with one attached hydrogen (secondary N) is 2. The molecule has 0 bridgehead atoms. The lowest BCUT2D eigenvalue weighted by Crippen LogP contribution is -2.56. The zero-order valence-electron chi connectivity index (χ0n) is 12.9. The van der Waals surface area contributed by atoms with Gasteiger partial charge < -0.3 is 15.4 Å². The standard InChI is InChI=1S/C14H24N4O2S/c1-11-17-12(9-21-11)8-15-13(19)16-10-14(2,3)18-4-6-20-7-5-18/h9H,4-8,10H2,1-3H3,(H2,15,16,19). The highest BCUT2D eigenvalue weighted by Crippen LogP contribution is 2.15. The molecule has 21 heavy (non-hydrogen) atoms. The maximum Gasteiger partial charge on any atom is 0.315 e. The Balaban J connectivity index is 1.72. The van der Waals surface area contributed by atoms with Gasteiger partial charge in [-0.3, -0.25) is 4.90 Å². The van der Waals surface area contributed by atoms with Crippen LogP contribution in [0.25, 0.3) is 0 Å². The Labute approximate surface area is 129 Å². The third-order valence-corrected chi connectivity index (χ3v) is 4.47. The number of rotatable bonds is 5. The molecule has 0 atom stereocenters. The molecule has 1 aromatic rings.